The molecule has 2 rings (SSSR count). The van der Waals surface area contributed by atoms with Crippen molar-refractivity contribution in [3.8, 4) is 11.1 Å². The molecule has 82 valence electrons. The molecule has 0 aliphatic heterocycles. The summed E-state index contributed by atoms with van der Waals surface area (Å²) in [7, 11) is 0. The van der Waals surface area contributed by atoms with Gasteiger partial charge in [-0.15, -0.1) is 0 Å². The second kappa shape index (κ2) is 4.90. The minimum absolute atomic E-state index is 0.0356. The lowest BCUT2D eigenvalue weighted by Crippen LogP contribution is -1.87. The Balaban J connectivity index is 2.34. The van der Waals surface area contributed by atoms with Crippen LogP contribution < -0.4 is 0 Å². The molecule has 0 bridgehead atoms. The Morgan fingerprint density at radius 3 is 2.38 bits per heavy atom. The van der Waals surface area contributed by atoms with E-state index >= 15 is 0 Å². The average Bonchev–Trinajstić information content (AvgIpc) is 2.39. The van der Waals surface area contributed by atoms with Gasteiger partial charge >= 0.3 is 0 Å². The molecular weight excluding hydrogens is 198 g/mol. The number of hydrogen-bond acceptors (Lipinski definition) is 2. The van der Waals surface area contributed by atoms with E-state index in [4.69, 9.17) is 5.11 Å². The molecule has 0 saturated carbocycles. The van der Waals surface area contributed by atoms with E-state index in [9.17, 15) is 0 Å². The van der Waals surface area contributed by atoms with Gasteiger partial charge in [0.2, 0.25) is 0 Å². The summed E-state index contributed by atoms with van der Waals surface area (Å²) in [6.07, 6.45) is 4.55. The zero-order chi connectivity index (χ0) is 11.4. The lowest BCUT2D eigenvalue weighted by molar-refractivity contribution is 0.281. The highest BCUT2D eigenvalue weighted by atomic mass is 16.3. The molecule has 1 aromatic heterocycles. The van der Waals surface area contributed by atoms with Crippen LogP contribution in [-0.2, 0) is 13.0 Å². The maximum atomic E-state index is 9.05. The normalized spacial score (nSPS) is 10.4. The lowest BCUT2D eigenvalue weighted by atomic mass is 10.0. The van der Waals surface area contributed by atoms with Crippen LogP contribution in [0, 0.1) is 0 Å². The first-order chi connectivity index (χ1) is 7.83. The summed E-state index contributed by atoms with van der Waals surface area (Å²) in [4.78, 5) is 4.11. The largest absolute Gasteiger partial charge is 0.392 e. The third-order valence-corrected chi connectivity index (χ3v) is 2.67. The Kier molecular flexibility index (Phi) is 3.32. The summed E-state index contributed by atoms with van der Waals surface area (Å²) in [5, 5.41) is 9.05. The van der Waals surface area contributed by atoms with Gasteiger partial charge in [-0.2, -0.15) is 0 Å². The van der Waals surface area contributed by atoms with Crippen LogP contribution >= 0.6 is 0 Å². The molecule has 2 heteroatoms. The maximum absolute atomic E-state index is 9.05. The van der Waals surface area contributed by atoms with Crippen LogP contribution in [0.5, 0.6) is 0 Å². The van der Waals surface area contributed by atoms with E-state index in [1.807, 2.05) is 12.3 Å². The number of aliphatic hydroxyl groups is 1. The van der Waals surface area contributed by atoms with Crippen LogP contribution in [0.15, 0.2) is 42.7 Å². The van der Waals surface area contributed by atoms with Gasteiger partial charge in [-0.3, -0.25) is 4.98 Å². The molecule has 2 nitrogen and oxygen atoms in total. The summed E-state index contributed by atoms with van der Waals surface area (Å²) >= 11 is 0. The van der Waals surface area contributed by atoms with Gasteiger partial charge in [0.25, 0.3) is 0 Å². The van der Waals surface area contributed by atoms with Crippen molar-refractivity contribution >= 4 is 0 Å². The van der Waals surface area contributed by atoms with Gasteiger partial charge < -0.3 is 5.11 Å². The summed E-state index contributed by atoms with van der Waals surface area (Å²) in [6.45, 7) is 2.18. The summed E-state index contributed by atoms with van der Waals surface area (Å²) in [5.41, 5.74) is 4.36. The number of rotatable bonds is 3. The van der Waals surface area contributed by atoms with Crippen molar-refractivity contribution in [2.24, 2.45) is 0 Å². The fourth-order valence-corrected chi connectivity index (χ4v) is 1.66. The van der Waals surface area contributed by atoms with Gasteiger partial charge in [-0.05, 0) is 29.2 Å². The first kappa shape index (κ1) is 10.8. The topological polar surface area (TPSA) is 33.1 Å². The van der Waals surface area contributed by atoms with Crippen molar-refractivity contribution in [3.05, 3.63) is 53.9 Å². The zero-order valence-corrected chi connectivity index (χ0v) is 9.35. The number of benzene rings is 1. The van der Waals surface area contributed by atoms with E-state index in [1.54, 1.807) is 6.20 Å². The molecule has 1 heterocycles. The highest BCUT2D eigenvalue weighted by Crippen LogP contribution is 2.20. The van der Waals surface area contributed by atoms with Crippen molar-refractivity contribution < 1.29 is 5.11 Å². The van der Waals surface area contributed by atoms with E-state index in [0.29, 0.717) is 0 Å². The van der Waals surface area contributed by atoms with Crippen molar-refractivity contribution in [2.75, 3.05) is 0 Å². The average molecular weight is 213 g/mol. The van der Waals surface area contributed by atoms with Crippen molar-refractivity contribution in [1.82, 2.24) is 4.98 Å². The molecule has 0 unspecified atom stereocenters. The van der Waals surface area contributed by atoms with E-state index in [1.165, 1.54) is 5.56 Å². The van der Waals surface area contributed by atoms with Gasteiger partial charge in [-0.25, -0.2) is 0 Å². The van der Waals surface area contributed by atoms with Gasteiger partial charge in [0, 0.05) is 18.0 Å². The van der Waals surface area contributed by atoms with Crippen LogP contribution in [0.4, 0.5) is 0 Å². The quantitative estimate of drug-likeness (QED) is 0.850. The second-order valence-corrected chi connectivity index (χ2v) is 3.79. The van der Waals surface area contributed by atoms with E-state index < -0.39 is 0 Å². The maximum Gasteiger partial charge on any atom is 0.0697 e. The monoisotopic (exact) mass is 213 g/mol. The SMILES string of the molecule is CCc1ccc(-c2cncc(CO)c2)cc1. The Morgan fingerprint density at radius 2 is 1.75 bits per heavy atom. The molecule has 16 heavy (non-hydrogen) atoms. The Bertz CT molecular complexity index is 462. The van der Waals surface area contributed by atoms with E-state index in [2.05, 4.69) is 36.2 Å². The highest BCUT2D eigenvalue weighted by Gasteiger charge is 1.99. The molecular formula is C14H15NO. The van der Waals surface area contributed by atoms with Gasteiger partial charge in [0.1, 0.15) is 0 Å². The zero-order valence-electron chi connectivity index (χ0n) is 9.35. The molecule has 0 radical (unpaired) electrons. The molecule has 0 fully saturated rings. The number of nitrogens with zero attached hydrogens (tertiary/aromatic N) is 1. The van der Waals surface area contributed by atoms with E-state index in [0.717, 1.165) is 23.1 Å². The minimum atomic E-state index is 0.0356. The minimum Gasteiger partial charge on any atom is -0.392 e. The van der Waals surface area contributed by atoms with Gasteiger partial charge in [0.15, 0.2) is 0 Å². The predicted molar refractivity (Wildman–Crippen MR) is 65.0 cm³/mol. The second-order valence-electron chi connectivity index (χ2n) is 3.79. The number of aryl methyl sites for hydroxylation is 1. The first-order valence-electron chi connectivity index (χ1n) is 5.47. The van der Waals surface area contributed by atoms with Crippen LogP contribution in [0.1, 0.15) is 18.1 Å². The van der Waals surface area contributed by atoms with Crippen LogP contribution in [-0.4, -0.2) is 10.1 Å². The molecule has 1 N–H and O–H groups in total. The predicted octanol–water partition coefficient (Wildman–Crippen LogP) is 2.80. The molecule has 0 aliphatic carbocycles. The van der Waals surface area contributed by atoms with Crippen molar-refractivity contribution in [3.63, 3.8) is 0 Å². The number of aliphatic hydroxyl groups excluding tert-OH is 1. The van der Waals surface area contributed by atoms with Crippen LogP contribution in [0.25, 0.3) is 11.1 Å². The van der Waals surface area contributed by atoms with Crippen molar-refractivity contribution in [2.45, 2.75) is 20.0 Å². The van der Waals surface area contributed by atoms with E-state index in [-0.39, 0.29) is 6.61 Å². The summed E-state index contributed by atoms with van der Waals surface area (Å²) in [5.74, 6) is 0. The third kappa shape index (κ3) is 2.28. The Morgan fingerprint density at radius 1 is 1.00 bits per heavy atom. The van der Waals surface area contributed by atoms with Gasteiger partial charge in [-0.1, -0.05) is 31.2 Å². The summed E-state index contributed by atoms with van der Waals surface area (Å²) < 4.78 is 0. The Hall–Kier alpha value is -1.67. The molecule has 0 aliphatic rings. The molecule has 0 saturated heterocycles. The lowest BCUT2D eigenvalue weighted by Gasteiger charge is -2.04. The number of aromatic nitrogens is 1. The number of pyridine rings is 1. The third-order valence-electron chi connectivity index (χ3n) is 2.67. The fraction of sp³-hybridized carbons (Fsp3) is 0.214. The molecule has 0 spiro atoms. The van der Waals surface area contributed by atoms with Crippen LogP contribution in [0.3, 0.4) is 0 Å². The summed E-state index contributed by atoms with van der Waals surface area (Å²) in [6, 6.07) is 10.4. The molecule has 2 aromatic rings. The van der Waals surface area contributed by atoms with Gasteiger partial charge in [0.05, 0.1) is 6.61 Å². The smallest absolute Gasteiger partial charge is 0.0697 e. The van der Waals surface area contributed by atoms with Crippen LogP contribution in [0.2, 0.25) is 0 Å². The van der Waals surface area contributed by atoms with Crippen molar-refractivity contribution in [1.29, 1.82) is 0 Å². The molecule has 1 aromatic carbocycles. The number of hydrogen-bond donors (Lipinski definition) is 1. The standard InChI is InChI=1S/C14H15NO/c1-2-11-3-5-13(6-4-11)14-7-12(10-16)8-15-9-14/h3-9,16H,2,10H2,1H3. The Labute approximate surface area is 95.6 Å². The molecule has 0 amide bonds. The molecule has 0 atom stereocenters. The highest BCUT2D eigenvalue weighted by molar-refractivity contribution is 5.63. The fourth-order valence-electron chi connectivity index (χ4n) is 1.66. The first-order valence-corrected chi connectivity index (χ1v) is 5.47.